The van der Waals surface area contributed by atoms with Gasteiger partial charge in [-0.2, -0.15) is 0 Å². The van der Waals surface area contributed by atoms with Crippen molar-refractivity contribution in [3.63, 3.8) is 0 Å². The van der Waals surface area contributed by atoms with Crippen molar-refractivity contribution in [2.24, 2.45) is 5.92 Å². The van der Waals surface area contributed by atoms with Crippen LogP contribution in [-0.4, -0.2) is 28.7 Å². The third kappa shape index (κ3) is 2.88. The Morgan fingerprint density at radius 3 is 2.89 bits per heavy atom. The number of aliphatic carboxylic acids is 1. The third-order valence-electron chi connectivity index (χ3n) is 3.09. The molecule has 1 fully saturated rings. The predicted octanol–water partition coefficient (Wildman–Crippen LogP) is 1.39. The van der Waals surface area contributed by atoms with Crippen molar-refractivity contribution in [2.45, 2.75) is 32.1 Å². The SMILES string of the molecule is CCC(CNC(=O)c1cc(C2CC2)on1)C(=O)O. The fourth-order valence-electron chi connectivity index (χ4n) is 1.67. The van der Waals surface area contributed by atoms with E-state index in [1.165, 1.54) is 0 Å². The van der Waals surface area contributed by atoms with Gasteiger partial charge in [0.15, 0.2) is 5.69 Å². The van der Waals surface area contributed by atoms with Crippen molar-refractivity contribution in [3.05, 3.63) is 17.5 Å². The number of nitrogens with zero attached hydrogens (tertiary/aromatic N) is 1. The van der Waals surface area contributed by atoms with E-state index in [0.29, 0.717) is 12.3 Å². The molecule has 1 amide bonds. The van der Waals surface area contributed by atoms with Gasteiger partial charge < -0.3 is 14.9 Å². The van der Waals surface area contributed by atoms with Crippen LogP contribution in [0.4, 0.5) is 0 Å². The second-order valence-corrected chi connectivity index (χ2v) is 4.54. The Hall–Kier alpha value is -1.85. The molecule has 0 saturated heterocycles. The van der Waals surface area contributed by atoms with Gasteiger partial charge in [0.05, 0.1) is 5.92 Å². The lowest BCUT2D eigenvalue weighted by Crippen LogP contribution is -2.32. The Morgan fingerprint density at radius 1 is 1.61 bits per heavy atom. The van der Waals surface area contributed by atoms with Crippen molar-refractivity contribution < 1.29 is 19.2 Å². The molecule has 0 radical (unpaired) electrons. The van der Waals surface area contributed by atoms with Crippen LogP contribution in [0.15, 0.2) is 10.6 Å². The second-order valence-electron chi connectivity index (χ2n) is 4.54. The Labute approximate surface area is 104 Å². The summed E-state index contributed by atoms with van der Waals surface area (Å²) in [6, 6.07) is 1.63. The van der Waals surface area contributed by atoms with Crippen LogP contribution >= 0.6 is 0 Å². The van der Waals surface area contributed by atoms with Crippen molar-refractivity contribution in [2.75, 3.05) is 6.54 Å². The molecule has 0 spiro atoms. The molecule has 1 aliphatic carbocycles. The first-order valence-corrected chi connectivity index (χ1v) is 6.09. The number of rotatable bonds is 6. The molecule has 6 nitrogen and oxygen atoms in total. The first kappa shape index (κ1) is 12.6. The zero-order valence-corrected chi connectivity index (χ0v) is 10.2. The van der Waals surface area contributed by atoms with E-state index in [2.05, 4.69) is 10.5 Å². The van der Waals surface area contributed by atoms with E-state index < -0.39 is 11.9 Å². The molecule has 0 aliphatic heterocycles. The Morgan fingerprint density at radius 2 is 2.33 bits per heavy atom. The summed E-state index contributed by atoms with van der Waals surface area (Å²) in [6.45, 7) is 1.88. The van der Waals surface area contributed by atoms with Crippen LogP contribution in [0.25, 0.3) is 0 Å². The van der Waals surface area contributed by atoms with E-state index in [1.54, 1.807) is 13.0 Å². The topological polar surface area (TPSA) is 92.4 Å². The van der Waals surface area contributed by atoms with Crippen molar-refractivity contribution in [1.82, 2.24) is 10.5 Å². The van der Waals surface area contributed by atoms with Crippen molar-refractivity contribution >= 4 is 11.9 Å². The lowest BCUT2D eigenvalue weighted by atomic mass is 10.1. The van der Waals surface area contributed by atoms with Gasteiger partial charge in [0.25, 0.3) is 5.91 Å². The molecule has 1 unspecified atom stereocenters. The molecule has 1 heterocycles. The number of hydrogen-bond acceptors (Lipinski definition) is 4. The molecule has 1 atom stereocenters. The van der Waals surface area contributed by atoms with E-state index >= 15 is 0 Å². The lowest BCUT2D eigenvalue weighted by molar-refractivity contribution is -0.141. The summed E-state index contributed by atoms with van der Waals surface area (Å²) in [5.41, 5.74) is 0.220. The van der Waals surface area contributed by atoms with E-state index in [-0.39, 0.29) is 18.1 Å². The second kappa shape index (κ2) is 5.20. The lowest BCUT2D eigenvalue weighted by Gasteiger charge is -2.09. The zero-order chi connectivity index (χ0) is 13.1. The number of nitrogens with one attached hydrogen (secondary N) is 1. The van der Waals surface area contributed by atoms with Crippen LogP contribution in [0.1, 0.15) is 48.4 Å². The highest BCUT2D eigenvalue weighted by Crippen LogP contribution is 2.40. The molecule has 1 saturated carbocycles. The van der Waals surface area contributed by atoms with Gasteiger partial charge >= 0.3 is 5.97 Å². The first-order valence-electron chi connectivity index (χ1n) is 6.09. The normalized spacial score (nSPS) is 16.3. The Bertz CT molecular complexity index is 451. The molecule has 0 aromatic carbocycles. The van der Waals surface area contributed by atoms with Gasteiger partial charge in [0, 0.05) is 18.5 Å². The first-order chi connectivity index (χ1) is 8.61. The summed E-state index contributed by atoms with van der Waals surface area (Å²) >= 11 is 0. The van der Waals surface area contributed by atoms with E-state index in [4.69, 9.17) is 9.63 Å². The molecule has 1 aliphatic rings. The van der Waals surface area contributed by atoms with E-state index in [9.17, 15) is 9.59 Å². The van der Waals surface area contributed by atoms with Gasteiger partial charge in [-0.15, -0.1) is 0 Å². The van der Waals surface area contributed by atoms with Gasteiger partial charge in [-0.3, -0.25) is 9.59 Å². The van der Waals surface area contributed by atoms with Crippen LogP contribution in [-0.2, 0) is 4.79 Å². The van der Waals surface area contributed by atoms with Crippen LogP contribution in [0, 0.1) is 5.92 Å². The summed E-state index contributed by atoms with van der Waals surface area (Å²) in [5, 5.41) is 15.1. The summed E-state index contributed by atoms with van der Waals surface area (Å²) in [7, 11) is 0. The van der Waals surface area contributed by atoms with Crippen molar-refractivity contribution in [1.29, 1.82) is 0 Å². The van der Waals surface area contributed by atoms with Crippen LogP contribution in [0.3, 0.4) is 0 Å². The van der Waals surface area contributed by atoms with Gasteiger partial charge in [0.1, 0.15) is 5.76 Å². The standard InChI is InChI=1S/C12H16N2O4/c1-2-7(12(16)17)6-13-11(15)9-5-10(18-14-9)8-3-4-8/h5,7-8H,2-4,6H2,1H3,(H,13,15)(H,16,17). The maximum Gasteiger partial charge on any atom is 0.308 e. The number of aromatic nitrogens is 1. The minimum atomic E-state index is -0.906. The zero-order valence-electron chi connectivity index (χ0n) is 10.2. The average Bonchev–Trinajstić information content (AvgIpc) is 3.07. The molecular formula is C12H16N2O4. The summed E-state index contributed by atoms with van der Waals surface area (Å²) in [4.78, 5) is 22.5. The van der Waals surface area contributed by atoms with Gasteiger partial charge in [-0.05, 0) is 19.3 Å². The highest BCUT2D eigenvalue weighted by Gasteiger charge is 2.29. The number of carboxylic acids is 1. The molecule has 6 heteroatoms. The van der Waals surface area contributed by atoms with Gasteiger partial charge in [0.2, 0.25) is 0 Å². The smallest absolute Gasteiger partial charge is 0.308 e. The molecule has 1 aromatic rings. The molecular weight excluding hydrogens is 236 g/mol. The third-order valence-corrected chi connectivity index (χ3v) is 3.09. The average molecular weight is 252 g/mol. The fourth-order valence-corrected chi connectivity index (χ4v) is 1.67. The molecule has 0 bridgehead atoms. The maximum absolute atomic E-state index is 11.7. The molecule has 98 valence electrons. The van der Waals surface area contributed by atoms with Crippen LogP contribution in [0.2, 0.25) is 0 Å². The molecule has 2 rings (SSSR count). The number of carboxylic acid groups (broad SMARTS) is 1. The quantitative estimate of drug-likeness (QED) is 0.798. The van der Waals surface area contributed by atoms with Gasteiger partial charge in [-0.25, -0.2) is 0 Å². The largest absolute Gasteiger partial charge is 0.481 e. The number of carbonyl (C=O) groups is 2. The van der Waals surface area contributed by atoms with Crippen LogP contribution < -0.4 is 5.32 Å². The van der Waals surface area contributed by atoms with E-state index in [1.807, 2.05) is 0 Å². The van der Waals surface area contributed by atoms with Gasteiger partial charge in [-0.1, -0.05) is 12.1 Å². The minimum absolute atomic E-state index is 0.107. The molecule has 18 heavy (non-hydrogen) atoms. The fraction of sp³-hybridized carbons (Fsp3) is 0.583. The van der Waals surface area contributed by atoms with Crippen molar-refractivity contribution in [3.8, 4) is 0 Å². The summed E-state index contributed by atoms with van der Waals surface area (Å²) in [5.74, 6) is -0.711. The number of carbonyl (C=O) groups excluding carboxylic acids is 1. The highest BCUT2D eigenvalue weighted by atomic mass is 16.5. The maximum atomic E-state index is 11.7. The Balaban J connectivity index is 1.88. The monoisotopic (exact) mass is 252 g/mol. The number of hydrogen-bond donors (Lipinski definition) is 2. The minimum Gasteiger partial charge on any atom is -0.481 e. The van der Waals surface area contributed by atoms with E-state index in [0.717, 1.165) is 18.6 Å². The highest BCUT2D eigenvalue weighted by molar-refractivity contribution is 5.92. The Kier molecular flexibility index (Phi) is 3.64. The molecule has 2 N–H and O–H groups in total. The van der Waals surface area contributed by atoms with Crippen LogP contribution in [0.5, 0.6) is 0 Å². The summed E-state index contributed by atoms with van der Waals surface area (Å²) in [6.07, 6.45) is 2.63. The predicted molar refractivity (Wildman–Crippen MR) is 62.2 cm³/mol. The summed E-state index contributed by atoms with van der Waals surface area (Å²) < 4.78 is 5.06. The number of amides is 1. The molecule has 1 aromatic heterocycles.